The molecule has 0 saturated heterocycles. The fourth-order valence-electron chi connectivity index (χ4n) is 1.34. The van der Waals surface area contributed by atoms with Gasteiger partial charge >= 0.3 is 0 Å². The van der Waals surface area contributed by atoms with Crippen LogP contribution in [0.4, 0.5) is 5.82 Å². The largest absolute Gasteiger partial charge is 0.373 e. The van der Waals surface area contributed by atoms with Crippen LogP contribution in [0.3, 0.4) is 0 Å². The summed E-state index contributed by atoms with van der Waals surface area (Å²) >= 11 is 0. The van der Waals surface area contributed by atoms with Crippen molar-refractivity contribution in [2.45, 2.75) is 13.3 Å². The minimum Gasteiger partial charge on any atom is -0.373 e. The van der Waals surface area contributed by atoms with E-state index in [1.165, 1.54) is 0 Å². The van der Waals surface area contributed by atoms with Gasteiger partial charge in [0.2, 0.25) is 0 Å². The molecule has 0 amide bonds. The molecule has 1 N–H and O–H groups in total. The number of aromatic nitrogens is 4. The van der Waals surface area contributed by atoms with Crippen LogP contribution in [0.2, 0.25) is 0 Å². The molecule has 82 valence electrons. The second kappa shape index (κ2) is 4.65. The molecule has 0 unspecified atom stereocenters. The first-order chi connectivity index (χ1) is 7.83. The van der Waals surface area contributed by atoms with Crippen molar-refractivity contribution in [3.05, 3.63) is 30.4 Å². The lowest BCUT2D eigenvalue weighted by Crippen LogP contribution is -2.01. The van der Waals surface area contributed by atoms with E-state index in [0.717, 1.165) is 17.9 Å². The van der Waals surface area contributed by atoms with Crippen molar-refractivity contribution in [2.75, 3.05) is 12.4 Å². The third-order valence-electron chi connectivity index (χ3n) is 2.19. The second-order valence-electron chi connectivity index (χ2n) is 3.26. The maximum absolute atomic E-state index is 4.42. The zero-order chi connectivity index (χ0) is 11.4. The van der Waals surface area contributed by atoms with Crippen LogP contribution in [-0.2, 0) is 6.42 Å². The standard InChI is InChI=1S/C11H13N5/c1-3-8-6-10(12-2)16-11(15-8)9-7-13-4-5-14-9/h4-7H,3H2,1-2H3,(H,12,15,16). The summed E-state index contributed by atoms with van der Waals surface area (Å²) in [4.78, 5) is 17.0. The van der Waals surface area contributed by atoms with E-state index in [1.54, 1.807) is 18.6 Å². The Labute approximate surface area is 94.0 Å². The van der Waals surface area contributed by atoms with Gasteiger partial charge in [0, 0.05) is 31.2 Å². The van der Waals surface area contributed by atoms with E-state index in [2.05, 4.69) is 32.2 Å². The van der Waals surface area contributed by atoms with Crippen LogP contribution in [0.15, 0.2) is 24.7 Å². The zero-order valence-electron chi connectivity index (χ0n) is 9.31. The Bertz CT molecular complexity index is 447. The first kappa shape index (κ1) is 10.5. The Kier molecular flexibility index (Phi) is 3.05. The van der Waals surface area contributed by atoms with Crippen molar-refractivity contribution >= 4 is 5.82 Å². The zero-order valence-corrected chi connectivity index (χ0v) is 9.31. The molecule has 5 heteroatoms. The summed E-state index contributed by atoms with van der Waals surface area (Å²) in [5, 5.41) is 3.01. The third kappa shape index (κ3) is 2.13. The lowest BCUT2D eigenvalue weighted by molar-refractivity contribution is 0.994. The highest BCUT2D eigenvalue weighted by Crippen LogP contribution is 2.14. The Balaban J connectivity index is 2.48. The minimum atomic E-state index is 0.608. The van der Waals surface area contributed by atoms with Crippen LogP contribution < -0.4 is 5.32 Å². The van der Waals surface area contributed by atoms with Gasteiger partial charge in [0.05, 0.1) is 6.20 Å². The molecule has 0 fully saturated rings. The van der Waals surface area contributed by atoms with Crippen LogP contribution >= 0.6 is 0 Å². The van der Waals surface area contributed by atoms with Gasteiger partial charge in [0.15, 0.2) is 5.82 Å². The summed E-state index contributed by atoms with van der Waals surface area (Å²) in [5.74, 6) is 1.41. The van der Waals surface area contributed by atoms with Crippen molar-refractivity contribution in [2.24, 2.45) is 0 Å². The van der Waals surface area contributed by atoms with Crippen LogP contribution in [0, 0.1) is 0 Å². The van der Waals surface area contributed by atoms with Gasteiger partial charge in [0.25, 0.3) is 0 Å². The van der Waals surface area contributed by atoms with E-state index >= 15 is 0 Å². The predicted octanol–water partition coefficient (Wildman–Crippen LogP) is 1.54. The fraction of sp³-hybridized carbons (Fsp3) is 0.273. The summed E-state index contributed by atoms with van der Waals surface area (Å²) < 4.78 is 0. The highest BCUT2D eigenvalue weighted by atomic mass is 15.0. The summed E-state index contributed by atoms with van der Waals surface area (Å²) in [6, 6.07) is 1.93. The number of anilines is 1. The Morgan fingerprint density at radius 1 is 1.25 bits per heavy atom. The number of hydrogen-bond acceptors (Lipinski definition) is 5. The molecule has 0 aliphatic carbocycles. The van der Waals surface area contributed by atoms with Gasteiger partial charge < -0.3 is 5.32 Å². The van der Waals surface area contributed by atoms with E-state index in [4.69, 9.17) is 0 Å². The molecule has 0 radical (unpaired) electrons. The van der Waals surface area contributed by atoms with Crippen molar-refractivity contribution in [1.29, 1.82) is 0 Å². The van der Waals surface area contributed by atoms with Crippen molar-refractivity contribution < 1.29 is 0 Å². The Morgan fingerprint density at radius 3 is 2.75 bits per heavy atom. The average Bonchev–Trinajstić information content (AvgIpc) is 2.39. The van der Waals surface area contributed by atoms with E-state index in [9.17, 15) is 0 Å². The number of rotatable bonds is 3. The number of aryl methyl sites for hydroxylation is 1. The van der Waals surface area contributed by atoms with Crippen LogP contribution in [-0.4, -0.2) is 27.0 Å². The molecule has 5 nitrogen and oxygen atoms in total. The molecular weight excluding hydrogens is 202 g/mol. The predicted molar refractivity (Wildman–Crippen MR) is 62.0 cm³/mol. The lowest BCUT2D eigenvalue weighted by Gasteiger charge is -2.05. The topological polar surface area (TPSA) is 63.6 Å². The van der Waals surface area contributed by atoms with Gasteiger partial charge in [-0.15, -0.1) is 0 Å². The summed E-state index contributed by atoms with van der Waals surface area (Å²) in [5.41, 5.74) is 1.68. The van der Waals surface area contributed by atoms with Gasteiger partial charge in [-0.2, -0.15) is 0 Å². The van der Waals surface area contributed by atoms with E-state index < -0.39 is 0 Å². The van der Waals surface area contributed by atoms with E-state index in [-0.39, 0.29) is 0 Å². The molecule has 2 rings (SSSR count). The molecular formula is C11H13N5. The van der Waals surface area contributed by atoms with Crippen LogP contribution in [0.1, 0.15) is 12.6 Å². The SMILES string of the molecule is CCc1cc(NC)nc(-c2cnccn2)n1. The highest BCUT2D eigenvalue weighted by molar-refractivity contribution is 5.51. The molecule has 0 aliphatic heterocycles. The fourth-order valence-corrected chi connectivity index (χ4v) is 1.34. The molecule has 0 saturated carbocycles. The molecule has 0 bridgehead atoms. The smallest absolute Gasteiger partial charge is 0.182 e. The molecule has 2 aromatic rings. The summed E-state index contributed by atoms with van der Waals surface area (Å²) in [7, 11) is 1.84. The van der Waals surface area contributed by atoms with Crippen LogP contribution in [0.25, 0.3) is 11.5 Å². The van der Waals surface area contributed by atoms with Crippen LogP contribution in [0.5, 0.6) is 0 Å². The molecule has 0 aliphatic rings. The third-order valence-corrected chi connectivity index (χ3v) is 2.19. The second-order valence-corrected chi connectivity index (χ2v) is 3.26. The van der Waals surface area contributed by atoms with Crippen molar-refractivity contribution in [3.8, 4) is 11.5 Å². The Morgan fingerprint density at radius 2 is 2.12 bits per heavy atom. The molecule has 2 aromatic heterocycles. The number of hydrogen-bond donors (Lipinski definition) is 1. The lowest BCUT2D eigenvalue weighted by atomic mass is 10.3. The molecule has 16 heavy (non-hydrogen) atoms. The average molecular weight is 215 g/mol. The van der Waals surface area contributed by atoms with E-state index in [1.807, 2.05) is 13.1 Å². The first-order valence-corrected chi connectivity index (χ1v) is 5.15. The maximum atomic E-state index is 4.42. The minimum absolute atomic E-state index is 0.608. The number of nitrogens with one attached hydrogen (secondary N) is 1. The molecule has 0 atom stereocenters. The molecule has 0 spiro atoms. The molecule has 0 aromatic carbocycles. The normalized spacial score (nSPS) is 10.1. The van der Waals surface area contributed by atoms with Crippen molar-refractivity contribution in [1.82, 2.24) is 19.9 Å². The Hall–Kier alpha value is -2.04. The monoisotopic (exact) mass is 215 g/mol. The van der Waals surface area contributed by atoms with E-state index in [0.29, 0.717) is 11.5 Å². The quantitative estimate of drug-likeness (QED) is 0.841. The number of nitrogens with zero attached hydrogens (tertiary/aromatic N) is 4. The van der Waals surface area contributed by atoms with Gasteiger partial charge in [-0.05, 0) is 6.42 Å². The van der Waals surface area contributed by atoms with Gasteiger partial charge in [-0.1, -0.05) is 6.92 Å². The van der Waals surface area contributed by atoms with Gasteiger partial charge in [-0.3, -0.25) is 4.98 Å². The van der Waals surface area contributed by atoms with Crippen molar-refractivity contribution in [3.63, 3.8) is 0 Å². The molecule has 2 heterocycles. The highest BCUT2D eigenvalue weighted by Gasteiger charge is 2.06. The first-order valence-electron chi connectivity index (χ1n) is 5.15. The maximum Gasteiger partial charge on any atom is 0.182 e. The van der Waals surface area contributed by atoms with Gasteiger partial charge in [-0.25, -0.2) is 15.0 Å². The van der Waals surface area contributed by atoms with Gasteiger partial charge in [0.1, 0.15) is 11.5 Å². The summed E-state index contributed by atoms with van der Waals surface area (Å²) in [6.07, 6.45) is 5.79. The summed E-state index contributed by atoms with van der Waals surface area (Å²) in [6.45, 7) is 2.06.